The molecule has 1 saturated carbocycles. The average molecular weight is 734 g/mol. The maximum Gasteiger partial charge on any atom is 0.286 e. The number of rotatable bonds is 3. The van der Waals surface area contributed by atoms with Crippen LogP contribution in [0.15, 0.2) is 59.0 Å². The van der Waals surface area contributed by atoms with E-state index in [-0.39, 0.29) is 34.4 Å². The van der Waals surface area contributed by atoms with E-state index in [4.69, 9.17) is 25.8 Å². The summed E-state index contributed by atoms with van der Waals surface area (Å²) in [6.07, 6.45) is 9.82. The minimum Gasteiger partial charge on any atom is -0.490 e. The number of aryl methyl sites for hydroxylation is 1. The molecular formula is C38H44ClN5O6S. The van der Waals surface area contributed by atoms with Gasteiger partial charge in [0.05, 0.1) is 30.7 Å². The monoisotopic (exact) mass is 733 g/mol. The zero-order valence-electron chi connectivity index (χ0n) is 29.0. The van der Waals surface area contributed by atoms with Gasteiger partial charge >= 0.3 is 0 Å². The number of benzene rings is 2. The molecule has 11 nitrogen and oxygen atoms in total. The summed E-state index contributed by atoms with van der Waals surface area (Å²) in [7, 11) is -1.81. The Morgan fingerprint density at radius 1 is 1.16 bits per heavy atom. The standard InChI is InChI=1S/C38H44ClN5O6S/c1-24-5-3-7-33(48-2)29-11-8-27(29)20-43-22-38(14-4-6-25-17-28(39)10-12-30(25)38)23-50-34-13-9-26(18-32(34)43)36(45)41-51(47,21-24)42-37(46)31-19-35-44(40-31)15-16-49-35/h3,7,9-10,12-13,17-19,24,27,29,33H,4-6,8,11,14-16,20-23H2,1-2H3,(H,41,42,45,46,47)/b7-3+/t24-,27-,29+,33-,38-,51?/m0/s1. The molecule has 1 aromatic heterocycles. The van der Waals surface area contributed by atoms with Gasteiger partial charge in [0, 0.05) is 42.3 Å². The van der Waals surface area contributed by atoms with E-state index < -0.39 is 21.7 Å². The van der Waals surface area contributed by atoms with E-state index >= 15 is 0 Å². The van der Waals surface area contributed by atoms with Crippen LogP contribution in [0.3, 0.4) is 0 Å². The van der Waals surface area contributed by atoms with Crippen molar-refractivity contribution in [3.05, 3.63) is 82.0 Å². The fourth-order valence-corrected chi connectivity index (χ4v) is 10.7. The highest BCUT2D eigenvalue weighted by molar-refractivity contribution is 7.92. The number of nitrogens with zero attached hydrogens (tertiary/aromatic N) is 4. The molecule has 270 valence electrons. The molecule has 6 atom stereocenters. The van der Waals surface area contributed by atoms with Crippen molar-refractivity contribution in [2.75, 3.05) is 44.1 Å². The summed E-state index contributed by atoms with van der Waals surface area (Å²) in [4.78, 5) is 29.8. The molecule has 2 aliphatic carbocycles. The molecular weight excluding hydrogens is 690 g/mol. The first kappa shape index (κ1) is 34.2. The largest absolute Gasteiger partial charge is 0.490 e. The molecule has 5 aliphatic rings. The number of aromatic nitrogens is 2. The molecule has 1 fully saturated rings. The van der Waals surface area contributed by atoms with Crippen LogP contribution in [0, 0.1) is 17.8 Å². The minimum absolute atomic E-state index is 0.0191. The second kappa shape index (κ2) is 13.6. The number of carbonyl (C=O) groups excluding carboxylic acids is 2. The van der Waals surface area contributed by atoms with E-state index in [1.807, 2.05) is 25.1 Å². The molecule has 3 aliphatic heterocycles. The highest BCUT2D eigenvalue weighted by Crippen LogP contribution is 2.47. The van der Waals surface area contributed by atoms with Crippen LogP contribution < -0.4 is 19.1 Å². The topological polar surface area (TPSA) is 124 Å². The molecule has 3 aromatic rings. The van der Waals surface area contributed by atoms with Crippen LogP contribution in [0.25, 0.3) is 0 Å². The lowest BCUT2D eigenvalue weighted by molar-refractivity contribution is 0.0131. The average Bonchev–Trinajstić information content (AvgIpc) is 3.67. The van der Waals surface area contributed by atoms with Crippen molar-refractivity contribution in [2.24, 2.45) is 22.1 Å². The Kier molecular flexibility index (Phi) is 9.12. The number of anilines is 1. The summed E-state index contributed by atoms with van der Waals surface area (Å²) in [6.45, 7) is 4.93. The van der Waals surface area contributed by atoms with Gasteiger partial charge in [0.1, 0.15) is 22.3 Å². The van der Waals surface area contributed by atoms with E-state index in [2.05, 4.69) is 43.4 Å². The first-order valence-corrected chi connectivity index (χ1v) is 20.0. The summed E-state index contributed by atoms with van der Waals surface area (Å²) in [5.41, 5.74) is 3.42. The fourth-order valence-electron chi connectivity index (χ4n) is 8.59. The maximum atomic E-state index is 14.5. The van der Waals surface area contributed by atoms with Crippen LogP contribution in [0.2, 0.25) is 5.02 Å². The van der Waals surface area contributed by atoms with Crippen LogP contribution in [0.1, 0.15) is 71.0 Å². The number of carbonyl (C=O) groups is 2. The molecule has 1 spiro atoms. The van der Waals surface area contributed by atoms with Gasteiger partial charge < -0.3 is 19.1 Å². The molecule has 4 heterocycles. The molecule has 2 aromatic carbocycles. The number of halogens is 1. The van der Waals surface area contributed by atoms with E-state index in [0.717, 1.165) is 49.4 Å². The zero-order valence-corrected chi connectivity index (χ0v) is 30.6. The number of amides is 2. The van der Waals surface area contributed by atoms with Gasteiger partial charge in [0.2, 0.25) is 5.88 Å². The number of hydrogen-bond donors (Lipinski definition) is 1. The lowest BCUT2D eigenvalue weighted by Crippen LogP contribution is -2.49. The molecule has 1 unspecified atom stereocenters. The van der Waals surface area contributed by atoms with Gasteiger partial charge in [-0.15, -0.1) is 4.36 Å². The van der Waals surface area contributed by atoms with Crippen LogP contribution >= 0.6 is 11.6 Å². The van der Waals surface area contributed by atoms with Crippen LogP contribution in [0.4, 0.5) is 5.69 Å². The minimum atomic E-state index is -3.57. The molecule has 2 amide bonds. The van der Waals surface area contributed by atoms with E-state index in [1.54, 1.807) is 17.9 Å². The second-order valence-electron chi connectivity index (χ2n) is 14.8. The number of nitrogens with one attached hydrogen (secondary N) is 1. The molecule has 13 heteroatoms. The van der Waals surface area contributed by atoms with Crippen LogP contribution in [-0.4, -0.2) is 71.1 Å². The first-order chi connectivity index (χ1) is 24.6. The van der Waals surface area contributed by atoms with Crippen molar-refractivity contribution in [3.8, 4) is 11.6 Å². The maximum absolute atomic E-state index is 14.5. The third-order valence-electron chi connectivity index (χ3n) is 11.3. The molecule has 0 saturated heterocycles. The number of allylic oxidation sites excluding steroid dienone is 1. The highest BCUT2D eigenvalue weighted by Gasteiger charge is 2.44. The third-order valence-corrected chi connectivity index (χ3v) is 13.5. The predicted octanol–water partition coefficient (Wildman–Crippen LogP) is 5.99. The summed E-state index contributed by atoms with van der Waals surface area (Å²) in [5.74, 6) is 0.371. The van der Waals surface area contributed by atoms with Gasteiger partial charge in [-0.2, -0.15) is 5.10 Å². The Morgan fingerprint density at radius 3 is 2.84 bits per heavy atom. The third kappa shape index (κ3) is 6.66. The van der Waals surface area contributed by atoms with E-state index in [0.29, 0.717) is 56.2 Å². The first-order valence-electron chi connectivity index (χ1n) is 17.9. The summed E-state index contributed by atoms with van der Waals surface area (Å²) in [6, 6.07) is 13.1. The SMILES string of the molecule is CO[C@H]1/C=C/C[C@H](C)CS(=O)(NC(=O)c2cc3n(n2)CCO3)=NC(=O)c2ccc3c(c2)N(C[C@@H]2CC[C@H]21)C[C@@]1(CCCc2cc(Cl)ccc21)CO3. The van der Waals surface area contributed by atoms with Gasteiger partial charge in [0.25, 0.3) is 11.8 Å². The Labute approximate surface area is 304 Å². The van der Waals surface area contributed by atoms with E-state index in [1.165, 1.54) is 17.2 Å². The Hall–Kier alpha value is -3.87. The lowest BCUT2D eigenvalue weighted by atomic mass is 9.68. The van der Waals surface area contributed by atoms with Gasteiger partial charge in [-0.1, -0.05) is 36.7 Å². The van der Waals surface area contributed by atoms with Crippen molar-refractivity contribution in [3.63, 3.8) is 0 Å². The van der Waals surface area contributed by atoms with Crippen molar-refractivity contribution < 1.29 is 28.0 Å². The van der Waals surface area contributed by atoms with Crippen molar-refractivity contribution in [1.82, 2.24) is 14.5 Å². The van der Waals surface area contributed by atoms with Crippen LogP contribution in [-0.2, 0) is 33.0 Å². The second-order valence-corrected chi connectivity index (χ2v) is 17.3. The van der Waals surface area contributed by atoms with Crippen molar-refractivity contribution in [2.45, 2.75) is 63.5 Å². The molecule has 8 rings (SSSR count). The Balaban J connectivity index is 1.19. The number of fused-ring (bicyclic) bond motifs is 5. The normalized spacial score (nSPS) is 30.7. The van der Waals surface area contributed by atoms with Crippen molar-refractivity contribution >= 4 is 39.0 Å². The molecule has 2 bridgehead atoms. The number of ether oxygens (including phenoxy) is 3. The number of hydrogen-bond acceptors (Lipinski definition) is 8. The molecule has 51 heavy (non-hydrogen) atoms. The summed E-state index contributed by atoms with van der Waals surface area (Å²) >= 11 is 6.46. The number of methoxy groups -OCH3 is 1. The van der Waals surface area contributed by atoms with Gasteiger partial charge in [0.15, 0.2) is 5.69 Å². The van der Waals surface area contributed by atoms with Crippen molar-refractivity contribution in [1.29, 1.82) is 0 Å². The quantitative estimate of drug-likeness (QED) is 0.326. The zero-order chi connectivity index (χ0) is 35.3. The van der Waals surface area contributed by atoms with Crippen LogP contribution in [0.5, 0.6) is 11.6 Å². The van der Waals surface area contributed by atoms with Gasteiger partial charge in [-0.3, -0.25) is 14.3 Å². The fraction of sp³-hybridized carbons (Fsp3) is 0.500. The highest BCUT2D eigenvalue weighted by atomic mass is 35.5. The summed E-state index contributed by atoms with van der Waals surface area (Å²) in [5, 5.41) is 5.04. The molecule has 0 radical (unpaired) electrons. The molecule has 1 N–H and O–H groups in total. The Morgan fingerprint density at radius 2 is 2.04 bits per heavy atom. The smallest absolute Gasteiger partial charge is 0.286 e. The Bertz CT molecular complexity index is 2000. The summed E-state index contributed by atoms with van der Waals surface area (Å²) < 4.78 is 41.2. The lowest BCUT2D eigenvalue weighted by Gasteiger charge is -2.46. The van der Waals surface area contributed by atoms with Gasteiger partial charge in [-0.25, -0.2) is 8.89 Å². The van der Waals surface area contributed by atoms with E-state index in [9.17, 15) is 13.8 Å². The van der Waals surface area contributed by atoms with Gasteiger partial charge in [-0.05, 0) is 97.7 Å². The predicted molar refractivity (Wildman–Crippen MR) is 195 cm³/mol.